The van der Waals surface area contributed by atoms with Gasteiger partial charge in [0.1, 0.15) is 0 Å². The Labute approximate surface area is 168 Å². The molecule has 0 saturated heterocycles. The highest BCUT2D eigenvalue weighted by Crippen LogP contribution is 2.41. The summed E-state index contributed by atoms with van der Waals surface area (Å²) in [5, 5.41) is 12.0. The van der Waals surface area contributed by atoms with Crippen molar-refractivity contribution in [3.8, 4) is 0 Å². The van der Waals surface area contributed by atoms with Gasteiger partial charge in [-0.05, 0) is 62.0 Å². The molecule has 3 aliphatic rings. The number of anilines is 1. The predicted octanol–water partition coefficient (Wildman–Crippen LogP) is 3.22. The number of nitrogens with two attached hydrogens (primary N) is 1. The molecule has 0 radical (unpaired) electrons. The van der Waals surface area contributed by atoms with Gasteiger partial charge in [0.25, 0.3) is 0 Å². The number of carbonyl (C=O) groups excluding carboxylic acids is 1. The van der Waals surface area contributed by atoms with Gasteiger partial charge in [-0.2, -0.15) is 5.10 Å². The molecule has 154 valence electrons. The normalized spacial score (nSPS) is 22.1. The lowest BCUT2D eigenvalue weighted by atomic mass is 10.0. The molecule has 3 N–H and O–H groups in total. The molecule has 3 aliphatic carbocycles. The number of urea groups is 1. The van der Waals surface area contributed by atoms with Crippen molar-refractivity contribution < 1.29 is 13.4 Å². The Kier molecular flexibility index (Phi) is 4.25. The van der Waals surface area contributed by atoms with Crippen LogP contribution in [0.3, 0.4) is 0 Å². The maximum Gasteiger partial charge on any atom is 0.354 e. The summed E-state index contributed by atoms with van der Waals surface area (Å²) in [5.41, 5.74) is 4.79. The number of rotatable bonds is 3. The van der Waals surface area contributed by atoms with Gasteiger partial charge in [-0.25, -0.2) is 18.5 Å². The number of aromatic nitrogens is 3. The second-order valence-corrected chi connectivity index (χ2v) is 9.86. The molecule has 5 rings (SSSR count). The van der Waals surface area contributed by atoms with E-state index in [1.165, 1.54) is 4.68 Å². The first-order chi connectivity index (χ1) is 13.8. The lowest BCUT2D eigenvalue weighted by Gasteiger charge is -2.15. The van der Waals surface area contributed by atoms with Crippen molar-refractivity contribution in [3.63, 3.8) is 0 Å². The Balaban J connectivity index is 1.48. The van der Waals surface area contributed by atoms with Crippen molar-refractivity contribution in [1.82, 2.24) is 14.8 Å². The molecule has 10 heteroatoms. The van der Waals surface area contributed by atoms with E-state index < -0.39 is 26.8 Å². The van der Waals surface area contributed by atoms with Crippen molar-refractivity contribution in [3.05, 3.63) is 34.5 Å². The summed E-state index contributed by atoms with van der Waals surface area (Å²) < 4.78 is 32.1. The molecule has 0 bridgehead atoms. The Morgan fingerprint density at radius 3 is 2.86 bits per heavy atom. The third-order valence-corrected chi connectivity index (χ3v) is 7.22. The van der Waals surface area contributed by atoms with Gasteiger partial charge >= 0.3 is 6.03 Å². The molecular weight excluding hydrogens is 395 g/mol. The average Bonchev–Trinajstić information content (AvgIpc) is 3.07. The van der Waals surface area contributed by atoms with Crippen LogP contribution in [-0.2, 0) is 29.2 Å². The number of amides is 2. The predicted molar refractivity (Wildman–Crippen MR) is 105 cm³/mol. The van der Waals surface area contributed by atoms with Crippen molar-refractivity contribution in [1.29, 1.82) is 0 Å². The standard InChI is InChI=1S/C19H23FN6O2S/c1-10-5-8-13-16(10)22-15-4-2-3-12(15)17(13)23-19(27)25-29(21,28)18-14(20)9-26(24-18)11-6-7-11/h9-11H,2-8H2,1H3,(H3,21,22,23,25,27,28)/t10-,29-/m1/s1. The maximum atomic E-state index is 14.2. The van der Waals surface area contributed by atoms with Gasteiger partial charge in [-0.3, -0.25) is 9.67 Å². The van der Waals surface area contributed by atoms with Gasteiger partial charge in [0.2, 0.25) is 5.03 Å². The van der Waals surface area contributed by atoms with Crippen LogP contribution in [0.2, 0.25) is 0 Å². The zero-order valence-electron chi connectivity index (χ0n) is 16.2. The summed E-state index contributed by atoms with van der Waals surface area (Å²) in [4.78, 5) is 17.4. The van der Waals surface area contributed by atoms with Gasteiger partial charge < -0.3 is 5.32 Å². The zero-order chi connectivity index (χ0) is 20.3. The van der Waals surface area contributed by atoms with Gasteiger partial charge in [0.15, 0.2) is 15.7 Å². The first-order valence-corrected chi connectivity index (χ1v) is 11.6. The fourth-order valence-electron chi connectivity index (χ4n) is 4.33. The quantitative estimate of drug-likeness (QED) is 0.796. The van der Waals surface area contributed by atoms with Crippen LogP contribution in [0.25, 0.3) is 0 Å². The van der Waals surface area contributed by atoms with Gasteiger partial charge in [0, 0.05) is 11.4 Å². The second-order valence-electron chi connectivity index (χ2n) is 8.15. The molecule has 2 atom stereocenters. The Hall–Kier alpha value is -2.33. The summed E-state index contributed by atoms with van der Waals surface area (Å²) in [6.07, 6.45) is 7.44. The fraction of sp³-hybridized carbons (Fsp3) is 0.526. The third kappa shape index (κ3) is 3.24. The topological polar surface area (TPSA) is 115 Å². The second kappa shape index (κ2) is 6.60. The molecule has 2 heterocycles. The number of nitrogens with zero attached hydrogens (tertiary/aromatic N) is 4. The van der Waals surface area contributed by atoms with Crippen LogP contribution in [-0.4, -0.2) is 25.0 Å². The Morgan fingerprint density at radius 1 is 1.31 bits per heavy atom. The van der Waals surface area contributed by atoms with E-state index in [4.69, 9.17) is 10.1 Å². The van der Waals surface area contributed by atoms with Crippen LogP contribution >= 0.6 is 0 Å². The minimum Gasteiger partial charge on any atom is -0.305 e. The molecule has 1 saturated carbocycles. The highest BCUT2D eigenvalue weighted by Gasteiger charge is 2.31. The Morgan fingerprint density at radius 2 is 2.10 bits per heavy atom. The number of carbonyl (C=O) groups is 1. The number of hydrogen-bond acceptors (Lipinski definition) is 4. The molecule has 0 aromatic carbocycles. The molecule has 2 aromatic heterocycles. The largest absolute Gasteiger partial charge is 0.354 e. The molecule has 0 aliphatic heterocycles. The average molecular weight is 418 g/mol. The molecule has 0 spiro atoms. The highest BCUT2D eigenvalue weighted by molar-refractivity contribution is 7.91. The van der Waals surface area contributed by atoms with Gasteiger partial charge in [-0.1, -0.05) is 6.92 Å². The molecule has 8 nitrogen and oxygen atoms in total. The van der Waals surface area contributed by atoms with Gasteiger partial charge in [0.05, 0.1) is 17.9 Å². The SMILES string of the molecule is C[C@@H]1CCc2c1nc1c(c2NC(=O)N=[S@@](N)(=O)c2nn(C3CC3)cc2F)CCC1. The molecular formula is C19H23FN6O2S. The first-order valence-electron chi connectivity index (χ1n) is 9.98. The minimum absolute atomic E-state index is 0.103. The van der Waals surface area contributed by atoms with E-state index in [0.717, 1.165) is 79.3 Å². The van der Waals surface area contributed by atoms with E-state index in [-0.39, 0.29) is 6.04 Å². The first kappa shape index (κ1) is 18.7. The van der Waals surface area contributed by atoms with Crippen LogP contribution in [0.4, 0.5) is 14.9 Å². The van der Waals surface area contributed by atoms with Crippen LogP contribution in [0.5, 0.6) is 0 Å². The third-order valence-electron chi connectivity index (χ3n) is 5.96. The Bertz CT molecular complexity index is 1150. The van der Waals surface area contributed by atoms with Crippen molar-refractivity contribution >= 4 is 21.6 Å². The molecule has 2 amide bonds. The van der Waals surface area contributed by atoms with E-state index in [2.05, 4.69) is 21.7 Å². The van der Waals surface area contributed by atoms with Crippen LogP contribution in [0.1, 0.15) is 67.1 Å². The number of fused-ring (bicyclic) bond motifs is 2. The summed E-state index contributed by atoms with van der Waals surface area (Å²) in [5.74, 6) is -0.469. The minimum atomic E-state index is -3.79. The van der Waals surface area contributed by atoms with E-state index in [0.29, 0.717) is 5.92 Å². The van der Waals surface area contributed by atoms with Crippen LogP contribution < -0.4 is 10.5 Å². The van der Waals surface area contributed by atoms with E-state index in [1.807, 2.05) is 0 Å². The van der Waals surface area contributed by atoms with E-state index in [9.17, 15) is 13.4 Å². The molecule has 1 fully saturated rings. The summed E-state index contributed by atoms with van der Waals surface area (Å²) in [6, 6.07) is -0.744. The van der Waals surface area contributed by atoms with Gasteiger partial charge in [-0.15, -0.1) is 4.36 Å². The highest BCUT2D eigenvalue weighted by atomic mass is 32.2. The monoisotopic (exact) mass is 418 g/mol. The van der Waals surface area contributed by atoms with Crippen molar-refractivity contribution in [2.75, 3.05) is 5.32 Å². The number of halogens is 1. The number of nitrogens with one attached hydrogen (secondary N) is 1. The maximum absolute atomic E-state index is 14.2. The van der Waals surface area contributed by atoms with E-state index in [1.54, 1.807) is 0 Å². The molecule has 0 unspecified atom stereocenters. The smallest absolute Gasteiger partial charge is 0.305 e. The van der Waals surface area contributed by atoms with Crippen LogP contribution in [0.15, 0.2) is 15.6 Å². The van der Waals surface area contributed by atoms with E-state index >= 15 is 0 Å². The molecule has 2 aromatic rings. The number of aryl methyl sites for hydroxylation is 1. The van der Waals surface area contributed by atoms with Crippen molar-refractivity contribution in [2.45, 2.75) is 68.9 Å². The summed E-state index contributed by atoms with van der Waals surface area (Å²) >= 11 is 0. The number of pyridine rings is 1. The number of hydrogen-bond donors (Lipinski definition) is 2. The fourth-order valence-corrected chi connectivity index (χ4v) is 5.25. The van der Waals surface area contributed by atoms with Crippen LogP contribution in [0, 0.1) is 5.82 Å². The lowest BCUT2D eigenvalue weighted by Crippen LogP contribution is -2.20. The lowest BCUT2D eigenvalue weighted by molar-refractivity contribution is 0.260. The summed E-state index contributed by atoms with van der Waals surface area (Å²) in [6.45, 7) is 2.13. The van der Waals surface area contributed by atoms with Crippen molar-refractivity contribution in [2.24, 2.45) is 9.50 Å². The zero-order valence-corrected chi connectivity index (χ0v) is 17.0. The summed E-state index contributed by atoms with van der Waals surface area (Å²) in [7, 11) is -3.79. The molecule has 29 heavy (non-hydrogen) atoms.